The monoisotopic (exact) mass is 306 g/mol. The molecule has 0 aliphatic rings. The number of carbonyl (C=O) groups is 1. The number of nitriles is 1. The Morgan fingerprint density at radius 3 is 2.90 bits per heavy atom. The lowest BCUT2D eigenvalue weighted by molar-refractivity contribution is 0.0704. The largest absolute Gasteiger partial charge is 0.384 e. The second kappa shape index (κ2) is 9.15. The maximum absolute atomic E-state index is 12.5. The van der Waals surface area contributed by atoms with E-state index >= 15 is 0 Å². The minimum absolute atomic E-state index is 0.118. The highest BCUT2D eigenvalue weighted by molar-refractivity contribution is 7.14. The molecule has 0 atom stereocenters. The van der Waals surface area contributed by atoms with Crippen LogP contribution in [0.3, 0.4) is 0 Å². The summed E-state index contributed by atoms with van der Waals surface area (Å²) in [6.45, 7) is 2.93. The van der Waals surface area contributed by atoms with E-state index in [-0.39, 0.29) is 18.9 Å². The Balaban J connectivity index is 2.89. The van der Waals surface area contributed by atoms with Gasteiger partial charge >= 0.3 is 0 Å². The highest BCUT2D eigenvalue weighted by atomic mass is 32.1. The van der Waals surface area contributed by atoms with Crippen LogP contribution in [0.5, 0.6) is 0 Å². The van der Waals surface area contributed by atoms with Crippen LogP contribution in [0.1, 0.15) is 26.5 Å². The topological polar surface area (TPSA) is 73.6 Å². The van der Waals surface area contributed by atoms with Crippen LogP contribution >= 0.6 is 11.3 Å². The molecule has 0 fully saturated rings. The Hall–Kier alpha value is -1.86. The van der Waals surface area contributed by atoms with Crippen molar-refractivity contribution in [3.63, 3.8) is 0 Å². The summed E-state index contributed by atoms with van der Waals surface area (Å²) in [5.74, 6) is 5.30. The van der Waals surface area contributed by atoms with E-state index in [1.807, 2.05) is 13.0 Å². The number of thiophene rings is 1. The molecule has 1 aromatic heterocycles. The number of nitrogens with zero attached hydrogens (tertiary/aromatic N) is 2. The van der Waals surface area contributed by atoms with E-state index in [4.69, 9.17) is 15.1 Å². The second-order valence-electron chi connectivity index (χ2n) is 4.28. The molecular formula is C15H18N2O3S. The van der Waals surface area contributed by atoms with Gasteiger partial charge in [-0.1, -0.05) is 11.8 Å². The molecule has 1 amide bonds. The fourth-order valence-electron chi connectivity index (χ4n) is 1.69. The maximum Gasteiger partial charge on any atom is 0.264 e. The van der Waals surface area contributed by atoms with E-state index in [2.05, 4.69) is 11.8 Å². The minimum Gasteiger partial charge on any atom is -0.384 e. The second-order valence-corrected chi connectivity index (χ2v) is 5.33. The van der Waals surface area contributed by atoms with Gasteiger partial charge in [-0.15, -0.1) is 11.3 Å². The number of aliphatic hydroxyl groups is 1. The van der Waals surface area contributed by atoms with E-state index in [1.165, 1.54) is 11.3 Å². The molecule has 1 rings (SSSR count). The molecule has 0 saturated carbocycles. The van der Waals surface area contributed by atoms with Crippen LogP contribution in [0, 0.1) is 30.1 Å². The standard InChI is InChI=1S/C15H18N2O3S/c1-12-11-14(21-13(12)5-3-9-18)15(19)17(7-4-6-16)8-10-20-2/h11,18H,4,7-10H2,1-2H3. The van der Waals surface area contributed by atoms with Crippen molar-refractivity contribution in [1.82, 2.24) is 4.90 Å². The Morgan fingerprint density at radius 1 is 1.52 bits per heavy atom. The Kier molecular flexibility index (Phi) is 7.49. The molecule has 0 bridgehead atoms. The van der Waals surface area contributed by atoms with Gasteiger partial charge in [-0.05, 0) is 18.6 Å². The van der Waals surface area contributed by atoms with Crippen molar-refractivity contribution in [2.24, 2.45) is 0 Å². The average molecular weight is 306 g/mol. The van der Waals surface area contributed by atoms with Crippen molar-refractivity contribution in [1.29, 1.82) is 5.26 Å². The summed E-state index contributed by atoms with van der Waals surface area (Å²) in [7, 11) is 1.57. The number of ether oxygens (including phenoxy) is 1. The molecule has 5 nitrogen and oxygen atoms in total. The van der Waals surface area contributed by atoms with Crippen molar-refractivity contribution in [2.45, 2.75) is 13.3 Å². The van der Waals surface area contributed by atoms with E-state index in [0.29, 0.717) is 24.6 Å². The fraction of sp³-hybridized carbons (Fsp3) is 0.467. The van der Waals surface area contributed by atoms with Crippen LogP contribution in [-0.2, 0) is 4.74 Å². The van der Waals surface area contributed by atoms with E-state index in [1.54, 1.807) is 18.1 Å². The smallest absolute Gasteiger partial charge is 0.264 e. The number of aliphatic hydroxyl groups excluding tert-OH is 1. The van der Waals surface area contributed by atoms with Gasteiger partial charge in [-0.3, -0.25) is 4.79 Å². The summed E-state index contributed by atoms with van der Waals surface area (Å²) in [5, 5.41) is 17.4. The zero-order chi connectivity index (χ0) is 15.7. The lowest BCUT2D eigenvalue weighted by atomic mass is 10.2. The van der Waals surface area contributed by atoms with Gasteiger partial charge < -0.3 is 14.7 Å². The van der Waals surface area contributed by atoms with Crippen LogP contribution in [0.4, 0.5) is 0 Å². The van der Waals surface area contributed by atoms with Crippen molar-refractivity contribution in [2.75, 3.05) is 33.4 Å². The molecule has 0 radical (unpaired) electrons. The van der Waals surface area contributed by atoms with Gasteiger partial charge in [0.05, 0.1) is 28.9 Å². The van der Waals surface area contributed by atoms with Crippen LogP contribution in [0.15, 0.2) is 6.07 Å². The van der Waals surface area contributed by atoms with Crippen molar-refractivity contribution in [3.05, 3.63) is 21.4 Å². The predicted octanol–water partition coefficient (Wildman–Crippen LogP) is 1.40. The van der Waals surface area contributed by atoms with Gasteiger partial charge in [0.15, 0.2) is 0 Å². The van der Waals surface area contributed by atoms with Crippen LogP contribution in [-0.4, -0.2) is 49.3 Å². The zero-order valence-corrected chi connectivity index (χ0v) is 13.0. The quantitative estimate of drug-likeness (QED) is 0.806. The van der Waals surface area contributed by atoms with Crippen molar-refractivity contribution < 1.29 is 14.6 Å². The maximum atomic E-state index is 12.5. The van der Waals surface area contributed by atoms with Crippen molar-refractivity contribution in [3.8, 4) is 17.9 Å². The molecule has 0 aliphatic heterocycles. The fourth-order valence-corrected chi connectivity index (χ4v) is 2.70. The first-order chi connectivity index (χ1) is 10.1. The number of hydrogen-bond acceptors (Lipinski definition) is 5. The summed E-state index contributed by atoms with van der Waals surface area (Å²) in [6, 6.07) is 3.84. The third kappa shape index (κ3) is 5.20. The third-order valence-corrected chi connectivity index (χ3v) is 3.90. The first kappa shape index (κ1) is 17.2. The predicted molar refractivity (Wildman–Crippen MR) is 81.0 cm³/mol. The normalized spacial score (nSPS) is 9.62. The highest BCUT2D eigenvalue weighted by Crippen LogP contribution is 2.22. The minimum atomic E-state index is -0.206. The van der Waals surface area contributed by atoms with E-state index < -0.39 is 0 Å². The summed E-state index contributed by atoms with van der Waals surface area (Å²) < 4.78 is 5.00. The van der Waals surface area contributed by atoms with Gasteiger partial charge in [0.1, 0.15) is 6.61 Å². The Morgan fingerprint density at radius 2 is 2.29 bits per heavy atom. The number of rotatable bonds is 6. The molecule has 112 valence electrons. The first-order valence-electron chi connectivity index (χ1n) is 6.49. The van der Waals surface area contributed by atoms with Gasteiger partial charge in [0, 0.05) is 20.2 Å². The lowest BCUT2D eigenvalue weighted by Gasteiger charge is -2.20. The van der Waals surface area contributed by atoms with Crippen molar-refractivity contribution >= 4 is 17.2 Å². The van der Waals surface area contributed by atoms with Crippen LogP contribution < -0.4 is 0 Å². The number of hydrogen-bond donors (Lipinski definition) is 1. The zero-order valence-electron chi connectivity index (χ0n) is 12.2. The summed E-state index contributed by atoms with van der Waals surface area (Å²) >= 11 is 1.30. The molecule has 21 heavy (non-hydrogen) atoms. The van der Waals surface area contributed by atoms with Crippen LogP contribution in [0.25, 0.3) is 0 Å². The Labute approximate surface area is 128 Å². The lowest BCUT2D eigenvalue weighted by Crippen LogP contribution is -2.34. The summed E-state index contributed by atoms with van der Waals surface area (Å²) in [5.41, 5.74) is 0.913. The SMILES string of the molecule is COCCN(CCC#N)C(=O)c1cc(C)c(C#CCO)s1. The molecular weight excluding hydrogens is 288 g/mol. The average Bonchev–Trinajstić information content (AvgIpc) is 2.86. The molecule has 1 aromatic rings. The molecule has 0 unspecified atom stereocenters. The van der Waals surface area contributed by atoms with Gasteiger partial charge in [0.2, 0.25) is 0 Å². The first-order valence-corrected chi connectivity index (χ1v) is 7.31. The van der Waals surface area contributed by atoms with Crippen LogP contribution in [0.2, 0.25) is 0 Å². The van der Waals surface area contributed by atoms with Gasteiger partial charge in [-0.25, -0.2) is 0 Å². The summed E-state index contributed by atoms with van der Waals surface area (Å²) in [6.07, 6.45) is 0.289. The molecule has 0 saturated heterocycles. The number of carbonyl (C=O) groups excluding carboxylic acids is 1. The molecule has 6 heteroatoms. The van der Waals surface area contributed by atoms with Gasteiger partial charge in [-0.2, -0.15) is 5.26 Å². The molecule has 0 aromatic carbocycles. The third-order valence-electron chi connectivity index (χ3n) is 2.76. The molecule has 1 heterocycles. The van der Waals surface area contributed by atoms with E-state index in [9.17, 15) is 4.79 Å². The summed E-state index contributed by atoms with van der Waals surface area (Å²) in [4.78, 5) is 15.4. The van der Waals surface area contributed by atoms with Gasteiger partial charge in [0.25, 0.3) is 5.91 Å². The Bertz CT molecular complexity index is 578. The number of methoxy groups -OCH3 is 1. The molecule has 0 aliphatic carbocycles. The molecule has 1 N–H and O–H groups in total. The van der Waals surface area contributed by atoms with E-state index in [0.717, 1.165) is 10.4 Å². The molecule has 0 spiro atoms. The number of amides is 1. The number of aryl methyl sites for hydroxylation is 1. The highest BCUT2D eigenvalue weighted by Gasteiger charge is 2.18.